The lowest BCUT2D eigenvalue weighted by atomic mass is 9.82. The monoisotopic (exact) mass is 351 g/mol. The van der Waals surface area contributed by atoms with Crippen molar-refractivity contribution in [2.45, 2.75) is 72.0 Å². The molecule has 1 aliphatic carbocycles. The number of hydrogen-bond donors (Lipinski definition) is 3. The van der Waals surface area contributed by atoms with Crippen LogP contribution in [0.2, 0.25) is 0 Å². The summed E-state index contributed by atoms with van der Waals surface area (Å²) in [5.74, 6) is -0.970. The third-order valence-electron chi connectivity index (χ3n) is 4.78. The molecule has 3 N–H and O–H groups in total. The van der Waals surface area contributed by atoms with Crippen molar-refractivity contribution in [3.8, 4) is 0 Å². The summed E-state index contributed by atoms with van der Waals surface area (Å²) in [6.45, 7) is 8.21. The van der Waals surface area contributed by atoms with E-state index in [1.54, 1.807) is 20.8 Å². The number of amides is 1. The molecule has 6 nitrogen and oxygen atoms in total. The standard InChI is InChI=1S/C19H29NO5/c1-6-7-14(21)10-20-18(24)19(5,25)9-8-15-13(4)16(22)11(2)12(3)17(15)23/h14,21,25H,6-10H2,1-5H3,(H,20,24). The first-order chi connectivity index (χ1) is 11.5. The first kappa shape index (κ1) is 21.3. The molecule has 1 amide bonds. The first-order valence-electron chi connectivity index (χ1n) is 8.68. The fraction of sp³-hybridized carbons (Fsp3) is 0.632. The van der Waals surface area contributed by atoms with Crippen molar-refractivity contribution in [1.82, 2.24) is 5.32 Å². The van der Waals surface area contributed by atoms with E-state index in [2.05, 4.69) is 5.32 Å². The SMILES string of the molecule is CCCC(O)CNC(=O)C(C)(O)CCC1=C(C)C(=O)C(C)=C(C)C1=O. The van der Waals surface area contributed by atoms with Crippen LogP contribution in [0.25, 0.3) is 0 Å². The van der Waals surface area contributed by atoms with E-state index in [4.69, 9.17) is 0 Å². The molecule has 0 aromatic rings. The molecule has 2 unspecified atom stereocenters. The number of nitrogens with one attached hydrogen (secondary N) is 1. The number of aliphatic hydroxyl groups is 2. The predicted molar refractivity (Wildman–Crippen MR) is 94.9 cm³/mol. The molecule has 0 aliphatic heterocycles. The van der Waals surface area contributed by atoms with Crippen LogP contribution in [-0.2, 0) is 14.4 Å². The van der Waals surface area contributed by atoms with E-state index >= 15 is 0 Å². The molecule has 0 fully saturated rings. The third-order valence-corrected chi connectivity index (χ3v) is 4.78. The Morgan fingerprint density at radius 2 is 1.68 bits per heavy atom. The summed E-state index contributed by atoms with van der Waals surface area (Å²) >= 11 is 0. The van der Waals surface area contributed by atoms with E-state index in [1.165, 1.54) is 6.92 Å². The Morgan fingerprint density at radius 3 is 2.24 bits per heavy atom. The van der Waals surface area contributed by atoms with E-state index in [0.29, 0.717) is 28.7 Å². The van der Waals surface area contributed by atoms with Gasteiger partial charge in [0.15, 0.2) is 11.6 Å². The zero-order chi connectivity index (χ0) is 19.4. The minimum Gasteiger partial charge on any atom is -0.391 e. The van der Waals surface area contributed by atoms with Gasteiger partial charge in [0.1, 0.15) is 5.60 Å². The van der Waals surface area contributed by atoms with Gasteiger partial charge < -0.3 is 15.5 Å². The maximum Gasteiger partial charge on any atom is 0.251 e. The lowest BCUT2D eigenvalue weighted by Gasteiger charge is -2.25. The largest absolute Gasteiger partial charge is 0.391 e. The number of ketones is 2. The van der Waals surface area contributed by atoms with Crippen molar-refractivity contribution in [3.63, 3.8) is 0 Å². The summed E-state index contributed by atoms with van der Waals surface area (Å²) < 4.78 is 0. The van der Waals surface area contributed by atoms with E-state index in [0.717, 1.165) is 6.42 Å². The lowest BCUT2D eigenvalue weighted by Crippen LogP contribution is -2.47. The second-order valence-electron chi connectivity index (χ2n) is 6.94. The summed E-state index contributed by atoms with van der Waals surface area (Å²) in [4.78, 5) is 36.7. The zero-order valence-corrected chi connectivity index (χ0v) is 15.7. The fourth-order valence-electron chi connectivity index (χ4n) is 2.77. The number of Topliss-reactive ketones (excluding diaryl/α,β-unsaturated/α-hetero) is 2. The second kappa shape index (κ2) is 8.54. The van der Waals surface area contributed by atoms with Crippen LogP contribution in [0.1, 0.15) is 60.3 Å². The van der Waals surface area contributed by atoms with E-state index in [-0.39, 0.29) is 31.0 Å². The minimum atomic E-state index is -1.69. The molecule has 0 saturated heterocycles. The van der Waals surface area contributed by atoms with Crippen LogP contribution in [0.3, 0.4) is 0 Å². The Labute approximate surface area is 149 Å². The maximum absolute atomic E-state index is 12.4. The minimum absolute atomic E-state index is 0.0146. The van der Waals surface area contributed by atoms with E-state index < -0.39 is 17.6 Å². The first-order valence-corrected chi connectivity index (χ1v) is 8.68. The Balaban J connectivity index is 2.74. The highest BCUT2D eigenvalue weighted by Gasteiger charge is 2.33. The van der Waals surface area contributed by atoms with Crippen molar-refractivity contribution >= 4 is 17.5 Å². The van der Waals surface area contributed by atoms with Crippen LogP contribution in [0, 0.1) is 0 Å². The summed E-state index contributed by atoms with van der Waals surface area (Å²) in [7, 11) is 0. The normalized spacial score (nSPS) is 19.2. The summed E-state index contributed by atoms with van der Waals surface area (Å²) in [5.41, 5.74) is -0.0972. The van der Waals surface area contributed by atoms with Gasteiger partial charge in [-0.25, -0.2) is 0 Å². The van der Waals surface area contributed by atoms with Crippen molar-refractivity contribution in [2.24, 2.45) is 0 Å². The number of rotatable bonds is 8. The predicted octanol–water partition coefficient (Wildman–Crippen LogP) is 1.60. The van der Waals surface area contributed by atoms with Gasteiger partial charge in [0, 0.05) is 28.8 Å². The molecule has 1 rings (SSSR count). The number of hydrogen-bond acceptors (Lipinski definition) is 5. The van der Waals surface area contributed by atoms with Gasteiger partial charge in [-0.05, 0) is 47.0 Å². The lowest BCUT2D eigenvalue weighted by molar-refractivity contribution is -0.139. The molecule has 140 valence electrons. The number of carbonyl (C=O) groups is 3. The van der Waals surface area contributed by atoms with Gasteiger partial charge >= 0.3 is 0 Å². The molecule has 0 aromatic carbocycles. The maximum atomic E-state index is 12.4. The molecule has 6 heteroatoms. The highest BCUT2D eigenvalue weighted by atomic mass is 16.3. The van der Waals surface area contributed by atoms with Crippen LogP contribution < -0.4 is 5.32 Å². The molecular weight excluding hydrogens is 322 g/mol. The summed E-state index contributed by atoms with van der Waals surface area (Å²) in [5, 5.41) is 22.6. The summed E-state index contributed by atoms with van der Waals surface area (Å²) in [6, 6.07) is 0. The average Bonchev–Trinajstić information content (AvgIpc) is 2.56. The molecule has 0 bridgehead atoms. The summed E-state index contributed by atoms with van der Waals surface area (Å²) in [6.07, 6.45) is 0.863. The molecule has 25 heavy (non-hydrogen) atoms. The van der Waals surface area contributed by atoms with Crippen LogP contribution in [0.4, 0.5) is 0 Å². The number of carbonyl (C=O) groups excluding carboxylic acids is 3. The number of aliphatic hydroxyl groups excluding tert-OH is 1. The Hall–Kier alpha value is -1.79. The molecule has 0 aromatic heterocycles. The van der Waals surface area contributed by atoms with Gasteiger partial charge in [0.05, 0.1) is 6.10 Å². The van der Waals surface area contributed by atoms with Gasteiger partial charge in [0.2, 0.25) is 0 Å². The quantitative estimate of drug-likeness (QED) is 0.576. The highest BCUT2D eigenvalue weighted by Crippen LogP contribution is 2.28. The van der Waals surface area contributed by atoms with E-state index in [1.807, 2.05) is 6.92 Å². The molecular formula is C19H29NO5. The van der Waals surface area contributed by atoms with Crippen molar-refractivity contribution in [3.05, 3.63) is 22.3 Å². The topological polar surface area (TPSA) is 104 Å². The number of allylic oxidation sites excluding steroid dienone is 4. The van der Waals surface area contributed by atoms with Crippen molar-refractivity contribution < 1.29 is 24.6 Å². The molecule has 0 saturated carbocycles. The smallest absolute Gasteiger partial charge is 0.251 e. The second-order valence-corrected chi connectivity index (χ2v) is 6.94. The van der Waals surface area contributed by atoms with E-state index in [9.17, 15) is 24.6 Å². The van der Waals surface area contributed by atoms with Gasteiger partial charge in [-0.2, -0.15) is 0 Å². The average molecular weight is 351 g/mol. The molecule has 0 heterocycles. The third kappa shape index (κ3) is 5.09. The van der Waals surface area contributed by atoms with Crippen LogP contribution in [-0.4, -0.2) is 45.9 Å². The van der Waals surface area contributed by atoms with Crippen molar-refractivity contribution in [2.75, 3.05) is 6.54 Å². The fourth-order valence-corrected chi connectivity index (χ4v) is 2.77. The molecule has 1 aliphatic rings. The van der Waals surface area contributed by atoms with Crippen LogP contribution in [0.5, 0.6) is 0 Å². The van der Waals surface area contributed by atoms with Gasteiger partial charge in [-0.1, -0.05) is 13.3 Å². The van der Waals surface area contributed by atoms with Crippen LogP contribution in [0.15, 0.2) is 22.3 Å². The Bertz CT molecular complexity index is 628. The van der Waals surface area contributed by atoms with Gasteiger partial charge in [0.25, 0.3) is 5.91 Å². The Morgan fingerprint density at radius 1 is 1.12 bits per heavy atom. The molecule has 2 atom stereocenters. The molecule has 0 radical (unpaired) electrons. The van der Waals surface area contributed by atoms with Crippen LogP contribution >= 0.6 is 0 Å². The molecule has 0 spiro atoms. The zero-order valence-electron chi connectivity index (χ0n) is 15.7. The van der Waals surface area contributed by atoms with Gasteiger partial charge in [-0.3, -0.25) is 14.4 Å². The van der Waals surface area contributed by atoms with Gasteiger partial charge in [-0.15, -0.1) is 0 Å². The highest BCUT2D eigenvalue weighted by molar-refractivity contribution is 6.24. The van der Waals surface area contributed by atoms with Crippen molar-refractivity contribution in [1.29, 1.82) is 0 Å². The Kier molecular flexibility index (Phi) is 7.26.